The van der Waals surface area contributed by atoms with Crippen molar-refractivity contribution in [3.8, 4) is 0 Å². The molecule has 0 aromatic heterocycles. The fourth-order valence-corrected chi connectivity index (χ4v) is 1.04. The lowest BCUT2D eigenvalue weighted by Crippen LogP contribution is -2.31. The van der Waals surface area contributed by atoms with Crippen molar-refractivity contribution in [2.75, 3.05) is 6.54 Å². The number of carbonyl (C=O) groups excluding carboxylic acids is 2. The van der Waals surface area contributed by atoms with Crippen LogP contribution < -0.4 is 0 Å². The van der Waals surface area contributed by atoms with E-state index >= 15 is 0 Å². The molecule has 1 heterocycles. The molecule has 0 aromatic carbocycles. The van der Waals surface area contributed by atoms with Gasteiger partial charge in [0.2, 0.25) is 0 Å². The molecule has 0 aliphatic carbocycles. The first-order valence-corrected chi connectivity index (χ1v) is 3.86. The number of rotatable bonds is 4. The summed E-state index contributed by atoms with van der Waals surface area (Å²) in [5.41, 5.74) is 0. The summed E-state index contributed by atoms with van der Waals surface area (Å²) in [7, 11) is 0. The maximum atomic E-state index is 10.9. The molecule has 1 N–H and O–H groups in total. The second-order valence-corrected chi connectivity index (χ2v) is 2.66. The van der Waals surface area contributed by atoms with Gasteiger partial charge in [0.1, 0.15) is 0 Å². The summed E-state index contributed by atoms with van der Waals surface area (Å²) in [6.45, 7) is 0.178. The fourth-order valence-electron chi connectivity index (χ4n) is 1.04. The summed E-state index contributed by atoms with van der Waals surface area (Å²) in [5, 5.41) is 8.32. The van der Waals surface area contributed by atoms with Gasteiger partial charge in [0, 0.05) is 25.1 Å². The largest absolute Gasteiger partial charge is 0.481 e. The third-order valence-electron chi connectivity index (χ3n) is 1.67. The van der Waals surface area contributed by atoms with E-state index < -0.39 is 5.97 Å². The van der Waals surface area contributed by atoms with Crippen LogP contribution in [0.2, 0.25) is 0 Å². The molecular formula is C8H10ClNO4. The van der Waals surface area contributed by atoms with Gasteiger partial charge in [-0.25, -0.2) is 0 Å². The third kappa shape index (κ3) is 3.18. The first-order valence-electron chi connectivity index (χ1n) is 3.86. The monoisotopic (exact) mass is 219 g/mol. The molecule has 14 heavy (non-hydrogen) atoms. The number of imide groups is 1. The van der Waals surface area contributed by atoms with E-state index in [1.54, 1.807) is 0 Å². The maximum Gasteiger partial charge on any atom is 0.303 e. The summed E-state index contributed by atoms with van der Waals surface area (Å²) in [5.74, 6) is -1.65. The standard InChI is InChI=1S/C8H9NO4.ClH/c10-6-3-4-7(11)9(6)5-1-2-8(12)13;/h3-4H,1-2,5H2,(H,12,13);1H. The van der Waals surface area contributed by atoms with Gasteiger partial charge in [0.15, 0.2) is 0 Å². The molecule has 1 aliphatic rings. The van der Waals surface area contributed by atoms with Crippen LogP contribution in [0.4, 0.5) is 0 Å². The number of hydrogen-bond acceptors (Lipinski definition) is 3. The summed E-state index contributed by atoms with van der Waals surface area (Å²) >= 11 is 0. The Labute approximate surface area is 86.8 Å². The minimum atomic E-state index is -0.924. The molecule has 0 saturated carbocycles. The highest BCUT2D eigenvalue weighted by Gasteiger charge is 2.22. The second-order valence-electron chi connectivity index (χ2n) is 2.66. The molecule has 0 spiro atoms. The van der Waals surface area contributed by atoms with Crippen LogP contribution in [0, 0.1) is 0 Å². The molecule has 0 atom stereocenters. The third-order valence-corrected chi connectivity index (χ3v) is 1.67. The summed E-state index contributed by atoms with van der Waals surface area (Å²) < 4.78 is 0. The van der Waals surface area contributed by atoms with Gasteiger partial charge in [-0.2, -0.15) is 0 Å². The summed E-state index contributed by atoms with van der Waals surface area (Å²) in [4.78, 5) is 33.0. The highest BCUT2D eigenvalue weighted by Crippen LogP contribution is 2.05. The quantitative estimate of drug-likeness (QED) is 0.686. The molecule has 0 fully saturated rings. The van der Waals surface area contributed by atoms with Crippen molar-refractivity contribution in [2.24, 2.45) is 0 Å². The van der Waals surface area contributed by atoms with Gasteiger partial charge in [-0.15, -0.1) is 12.4 Å². The highest BCUT2D eigenvalue weighted by molar-refractivity contribution is 6.12. The average Bonchev–Trinajstić information content (AvgIpc) is 2.34. The Morgan fingerprint density at radius 1 is 1.29 bits per heavy atom. The zero-order valence-corrected chi connectivity index (χ0v) is 8.12. The Balaban J connectivity index is 0.00000169. The number of carboxylic acid groups (broad SMARTS) is 1. The molecule has 1 aliphatic heterocycles. The Morgan fingerprint density at radius 3 is 2.21 bits per heavy atom. The van der Waals surface area contributed by atoms with Crippen LogP contribution in [0.1, 0.15) is 12.8 Å². The minimum absolute atomic E-state index is 0. The molecule has 0 unspecified atom stereocenters. The van der Waals surface area contributed by atoms with Gasteiger partial charge >= 0.3 is 5.97 Å². The molecule has 5 nitrogen and oxygen atoms in total. The zero-order valence-electron chi connectivity index (χ0n) is 7.30. The Bertz CT molecular complexity index is 269. The van der Waals surface area contributed by atoms with E-state index in [0.717, 1.165) is 4.90 Å². The molecule has 0 aromatic rings. The molecule has 0 saturated heterocycles. The Kier molecular flexibility index (Phi) is 4.86. The van der Waals surface area contributed by atoms with E-state index in [9.17, 15) is 14.4 Å². The molecule has 6 heteroatoms. The van der Waals surface area contributed by atoms with Crippen LogP contribution in [-0.2, 0) is 14.4 Å². The number of amides is 2. The van der Waals surface area contributed by atoms with E-state index in [-0.39, 0.29) is 37.2 Å². The molecular weight excluding hydrogens is 210 g/mol. The van der Waals surface area contributed by atoms with Gasteiger partial charge < -0.3 is 5.11 Å². The predicted octanol–water partition coefficient (Wildman–Crippen LogP) is 0.198. The van der Waals surface area contributed by atoms with E-state index in [2.05, 4.69) is 0 Å². The molecule has 2 amide bonds. The van der Waals surface area contributed by atoms with E-state index in [1.807, 2.05) is 0 Å². The lowest BCUT2D eigenvalue weighted by molar-refractivity contribution is -0.140. The van der Waals surface area contributed by atoms with Crippen molar-refractivity contribution in [1.29, 1.82) is 0 Å². The average molecular weight is 220 g/mol. The lowest BCUT2D eigenvalue weighted by atomic mass is 10.3. The van der Waals surface area contributed by atoms with Crippen molar-refractivity contribution in [3.63, 3.8) is 0 Å². The Hall–Kier alpha value is -1.36. The van der Waals surface area contributed by atoms with E-state index in [1.165, 1.54) is 12.2 Å². The first-order chi connectivity index (χ1) is 6.11. The lowest BCUT2D eigenvalue weighted by Gasteiger charge is -2.11. The number of nitrogens with zero attached hydrogens (tertiary/aromatic N) is 1. The van der Waals surface area contributed by atoms with Crippen molar-refractivity contribution < 1.29 is 19.5 Å². The van der Waals surface area contributed by atoms with Gasteiger partial charge in [-0.05, 0) is 6.42 Å². The topological polar surface area (TPSA) is 74.7 Å². The number of halogens is 1. The van der Waals surface area contributed by atoms with Crippen molar-refractivity contribution in [2.45, 2.75) is 12.8 Å². The van der Waals surface area contributed by atoms with Crippen LogP contribution >= 0.6 is 12.4 Å². The maximum absolute atomic E-state index is 10.9. The number of hydrogen-bond donors (Lipinski definition) is 1. The van der Waals surface area contributed by atoms with Crippen LogP contribution in [-0.4, -0.2) is 34.3 Å². The Morgan fingerprint density at radius 2 is 1.79 bits per heavy atom. The normalized spacial score (nSPS) is 14.4. The molecule has 78 valence electrons. The van der Waals surface area contributed by atoms with Crippen LogP contribution in [0.25, 0.3) is 0 Å². The first kappa shape index (κ1) is 12.6. The highest BCUT2D eigenvalue weighted by atomic mass is 35.5. The van der Waals surface area contributed by atoms with E-state index in [4.69, 9.17) is 5.11 Å². The molecule has 0 bridgehead atoms. The van der Waals surface area contributed by atoms with Crippen LogP contribution in [0.3, 0.4) is 0 Å². The van der Waals surface area contributed by atoms with Crippen molar-refractivity contribution >= 4 is 30.2 Å². The van der Waals surface area contributed by atoms with Crippen LogP contribution in [0.15, 0.2) is 12.2 Å². The predicted molar refractivity (Wildman–Crippen MR) is 50.0 cm³/mol. The van der Waals surface area contributed by atoms with Gasteiger partial charge in [-0.3, -0.25) is 19.3 Å². The van der Waals surface area contributed by atoms with E-state index in [0.29, 0.717) is 6.42 Å². The van der Waals surface area contributed by atoms with Gasteiger partial charge in [0.05, 0.1) is 0 Å². The molecule has 1 rings (SSSR count). The van der Waals surface area contributed by atoms with Gasteiger partial charge in [0.25, 0.3) is 11.8 Å². The molecule has 0 radical (unpaired) electrons. The van der Waals surface area contributed by atoms with Crippen molar-refractivity contribution in [1.82, 2.24) is 4.90 Å². The smallest absolute Gasteiger partial charge is 0.303 e. The summed E-state index contributed by atoms with van der Waals surface area (Å²) in [6.07, 6.45) is 2.64. The minimum Gasteiger partial charge on any atom is -0.481 e. The van der Waals surface area contributed by atoms with Crippen LogP contribution in [0.5, 0.6) is 0 Å². The number of carbonyl (C=O) groups is 3. The number of carboxylic acids is 1. The fraction of sp³-hybridized carbons (Fsp3) is 0.375. The summed E-state index contributed by atoms with van der Waals surface area (Å²) in [6, 6.07) is 0. The SMILES string of the molecule is Cl.O=C(O)CCCN1C(=O)C=CC1=O. The van der Waals surface area contributed by atoms with Crippen molar-refractivity contribution in [3.05, 3.63) is 12.2 Å². The second kappa shape index (κ2) is 5.39. The number of aliphatic carboxylic acids is 1. The van der Waals surface area contributed by atoms with Gasteiger partial charge in [-0.1, -0.05) is 0 Å². The zero-order chi connectivity index (χ0) is 9.84.